The van der Waals surface area contributed by atoms with E-state index in [0.717, 1.165) is 11.1 Å². The molecule has 0 aromatic heterocycles. The van der Waals surface area contributed by atoms with Gasteiger partial charge in [-0.3, -0.25) is 0 Å². The highest BCUT2D eigenvalue weighted by molar-refractivity contribution is 5.94. The van der Waals surface area contributed by atoms with Gasteiger partial charge in [-0.15, -0.1) is 0 Å². The molecule has 1 unspecified atom stereocenters. The number of carbonyl (C=O) groups is 1. The zero-order chi connectivity index (χ0) is 14.1. The normalized spacial score (nSPS) is 17.2. The first-order valence-electron chi connectivity index (χ1n) is 6.13. The number of esters is 1. The molecular weight excluding hydrogens is 256 g/mol. The average molecular weight is 268 g/mol. The van der Waals surface area contributed by atoms with Crippen LogP contribution in [-0.2, 0) is 4.74 Å². The summed E-state index contributed by atoms with van der Waals surface area (Å²) >= 11 is 0. The molecule has 0 aliphatic carbocycles. The summed E-state index contributed by atoms with van der Waals surface area (Å²) in [5.74, 6) is -0.288. The van der Waals surface area contributed by atoms with Crippen LogP contribution in [0.15, 0.2) is 42.5 Å². The maximum atomic E-state index is 11.5. The smallest absolute Gasteiger partial charge is 0.341 e. The number of aliphatic hydroxyl groups excluding tert-OH is 1. The number of hydrogen-bond donors (Lipinski definition) is 2. The second kappa shape index (κ2) is 4.83. The number of aromatic hydroxyl groups is 1. The first-order valence-corrected chi connectivity index (χ1v) is 6.13. The molecule has 2 aromatic carbocycles. The Balaban J connectivity index is 1.87. The first kappa shape index (κ1) is 12.4. The quantitative estimate of drug-likeness (QED) is 0.649. The lowest BCUT2D eigenvalue weighted by Gasteiger charge is -2.01. The third-order valence-corrected chi connectivity index (χ3v) is 3.14. The largest absolute Gasteiger partial charge is 0.508 e. The van der Waals surface area contributed by atoms with Gasteiger partial charge in [-0.05, 0) is 29.3 Å². The second-order valence-corrected chi connectivity index (χ2v) is 4.53. The zero-order valence-electron chi connectivity index (χ0n) is 10.5. The van der Waals surface area contributed by atoms with Gasteiger partial charge in [0.05, 0.1) is 5.56 Å². The summed E-state index contributed by atoms with van der Waals surface area (Å²) in [4.78, 5) is 11.5. The molecule has 1 aliphatic heterocycles. The van der Waals surface area contributed by atoms with E-state index in [-0.39, 0.29) is 5.75 Å². The Morgan fingerprint density at radius 1 is 1.00 bits per heavy atom. The molecule has 4 nitrogen and oxygen atoms in total. The number of phenols is 1. The minimum atomic E-state index is -1.16. The minimum absolute atomic E-state index is 0.219. The third kappa shape index (κ3) is 2.29. The average Bonchev–Trinajstić information content (AvgIpc) is 2.73. The highest BCUT2D eigenvalue weighted by Crippen LogP contribution is 2.29. The van der Waals surface area contributed by atoms with Crippen LogP contribution in [0.3, 0.4) is 0 Å². The topological polar surface area (TPSA) is 66.8 Å². The predicted octanol–water partition coefficient (Wildman–Crippen LogP) is 2.72. The molecular formula is C16H12O4. The van der Waals surface area contributed by atoms with E-state index in [1.807, 2.05) is 12.2 Å². The number of benzene rings is 2. The number of ether oxygens (including phenoxy) is 1. The Labute approximate surface area is 115 Å². The first-order chi connectivity index (χ1) is 9.63. The molecule has 1 heterocycles. The lowest BCUT2D eigenvalue weighted by Crippen LogP contribution is -1.95. The molecule has 20 heavy (non-hydrogen) atoms. The van der Waals surface area contributed by atoms with Crippen molar-refractivity contribution in [3.63, 3.8) is 0 Å². The van der Waals surface area contributed by atoms with Crippen molar-refractivity contribution in [2.45, 2.75) is 6.29 Å². The summed E-state index contributed by atoms with van der Waals surface area (Å²) in [6.45, 7) is 0. The highest BCUT2D eigenvalue weighted by Gasteiger charge is 2.29. The summed E-state index contributed by atoms with van der Waals surface area (Å²) in [5, 5.41) is 18.7. The maximum absolute atomic E-state index is 11.5. The SMILES string of the molecule is O=C1OC(O)c2ccc(/C=C/c3ccc(O)cc3)cc21. The van der Waals surface area contributed by atoms with E-state index in [4.69, 9.17) is 4.74 Å². The molecule has 0 fully saturated rings. The lowest BCUT2D eigenvalue weighted by atomic mass is 10.0. The summed E-state index contributed by atoms with van der Waals surface area (Å²) < 4.78 is 4.73. The van der Waals surface area contributed by atoms with Gasteiger partial charge < -0.3 is 14.9 Å². The fourth-order valence-electron chi connectivity index (χ4n) is 2.08. The lowest BCUT2D eigenvalue weighted by molar-refractivity contribution is -0.0547. The Hall–Kier alpha value is -2.59. The number of hydrogen-bond acceptors (Lipinski definition) is 4. The number of aliphatic hydroxyl groups is 1. The molecule has 100 valence electrons. The molecule has 0 amide bonds. The fraction of sp³-hybridized carbons (Fsp3) is 0.0625. The number of fused-ring (bicyclic) bond motifs is 1. The van der Waals surface area contributed by atoms with Crippen LogP contribution in [0.1, 0.15) is 33.3 Å². The van der Waals surface area contributed by atoms with E-state index in [1.165, 1.54) is 0 Å². The third-order valence-electron chi connectivity index (χ3n) is 3.14. The van der Waals surface area contributed by atoms with Crippen LogP contribution in [0.25, 0.3) is 12.2 Å². The standard InChI is InChI=1S/C16H12O4/c17-12-6-3-10(4-7-12)1-2-11-5-8-13-14(9-11)16(19)20-15(13)18/h1-9,15,17-18H/b2-1+. The highest BCUT2D eigenvalue weighted by atomic mass is 16.6. The molecule has 1 aliphatic rings. The number of phenolic OH excluding ortho intramolecular Hbond substituents is 1. The van der Waals surface area contributed by atoms with E-state index in [1.54, 1.807) is 42.5 Å². The molecule has 4 heteroatoms. The van der Waals surface area contributed by atoms with Crippen molar-refractivity contribution in [3.05, 3.63) is 64.7 Å². The molecule has 2 N–H and O–H groups in total. The van der Waals surface area contributed by atoms with E-state index >= 15 is 0 Å². The number of rotatable bonds is 2. The van der Waals surface area contributed by atoms with E-state index in [9.17, 15) is 15.0 Å². The van der Waals surface area contributed by atoms with Crippen LogP contribution >= 0.6 is 0 Å². The van der Waals surface area contributed by atoms with Gasteiger partial charge in [-0.2, -0.15) is 0 Å². The van der Waals surface area contributed by atoms with Crippen molar-refractivity contribution in [1.82, 2.24) is 0 Å². The molecule has 1 atom stereocenters. The van der Waals surface area contributed by atoms with Gasteiger partial charge in [0.15, 0.2) is 0 Å². The van der Waals surface area contributed by atoms with Gasteiger partial charge >= 0.3 is 5.97 Å². The Bertz CT molecular complexity index is 686. The van der Waals surface area contributed by atoms with Crippen molar-refractivity contribution in [2.24, 2.45) is 0 Å². The Morgan fingerprint density at radius 2 is 1.65 bits per heavy atom. The molecule has 0 saturated heterocycles. The van der Waals surface area contributed by atoms with Gasteiger partial charge in [-0.25, -0.2) is 4.79 Å². The van der Waals surface area contributed by atoms with E-state index < -0.39 is 12.3 Å². The minimum Gasteiger partial charge on any atom is -0.508 e. The molecule has 0 radical (unpaired) electrons. The van der Waals surface area contributed by atoms with Crippen LogP contribution < -0.4 is 0 Å². The van der Waals surface area contributed by atoms with E-state index in [2.05, 4.69) is 0 Å². The van der Waals surface area contributed by atoms with Gasteiger partial charge in [0.2, 0.25) is 6.29 Å². The van der Waals surface area contributed by atoms with Crippen molar-refractivity contribution < 1.29 is 19.7 Å². The van der Waals surface area contributed by atoms with Crippen molar-refractivity contribution in [1.29, 1.82) is 0 Å². The maximum Gasteiger partial charge on any atom is 0.341 e. The van der Waals surface area contributed by atoms with Crippen LogP contribution in [-0.4, -0.2) is 16.2 Å². The Kier molecular flexibility index (Phi) is 3.00. The summed E-state index contributed by atoms with van der Waals surface area (Å²) in [6.07, 6.45) is 2.57. The van der Waals surface area contributed by atoms with E-state index in [0.29, 0.717) is 11.1 Å². The van der Waals surface area contributed by atoms with Crippen LogP contribution in [0.4, 0.5) is 0 Å². The van der Waals surface area contributed by atoms with Gasteiger partial charge in [0, 0.05) is 5.56 Å². The van der Waals surface area contributed by atoms with Crippen LogP contribution in [0.5, 0.6) is 5.75 Å². The fourth-order valence-corrected chi connectivity index (χ4v) is 2.08. The monoisotopic (exact) mass is 268 g/mol. The van der Waals surface area contributed by atoms with Crippen molar-refractivity contribution >= 4 is 18.1 Å². The van der Waals surface area contributed by atoms with Gasteiger partial charge in [0.1, 0.15) is 5.75 Å². The number of cyclic esters (lactones) is 1. The summed E-state index contributed by atoms with van der Waals surface area (Å²) in [5.41, 5.74) is 2.66. The summed E-state index contributed by atoms with van der Waals surface area (Å²) in [7, 11) is 0. The number of carbonyl (C=O) groups excluding carboxylic acids is 1. The zero-order valence-corrected chi connectivity index (χ0v) is 10.5. The van der Waals surface area contributed by atoms with Crippen LogP contribution in [0, 0.1) is 0 Å². The second-order valence-electron chi connectivity index (χ2n) is 4.53. The molecule has 0 spiro atoms. The molecule has 0 bridgehead atoms. The summed E-state index contributed by atoms with van der Waals surface area (Å²) in [6, 6.07) is 12.0. The van der Waals surface area contributed by atoms with Crippen LogP contribution in [0.2, 0.25) is 0 Å². The molecule has 2 aromatic rings. The predicted molar refractivity (Wildman–Crippen MR) is 73.9 cm³/mol. The van der Waals surface area contributed by atoms with Crippen molar-refractivity contribution in [3.8, 4) is 5.75 Å². The van der Waals surface area contributed by atoms with Crippen molar-refractivity contribution in [2.75, 3.05) is 0 Å². The molecule has 0 saturated carbocycles. The Morgan fingerprint density at radius 3 is 2.40 bits per heavy atom. The van der Waals surface area contributed by atoms with Gasteiger partial charge in [0.25, 0.3) is 0 Å². The molecule has 3 rings (SSSR count). The van der Waals surface area contributed by atoms with Gasteiger partial charge in [-0.1, -0.05) is 36.4 Å².